The lowest BCUT2D eigenvalue weighted by atomic mass is 10.2. The monoisotopic (exact) mass is 481 g/mol. The number of thioether (sulfide) groups is 1. The second-order valence-corrected chi connectivity index (χ2v) is 8.31. The van der Waals surface area contributed by atoms with E-state index in [0.717, 1.165) is 31.4 Å². The van der Waals surface area contributed by atoms with E-state index in [-0.39, 0.29) is 6.10 Å². The Hall–Kier alpha value is -1.31. The van der Waals surface area contributed by atoms with Crippen molar-refractivity contribution in [2.24, 2.45) is 7.05 Å². The zero-order valence-corrected chi connectivity index (χ0v) is 17.8. The summed E-state index contributed by atoms with van der Waals surface area (Å²) in [5, 5.41) is 9.49. The molecule has 0 N–H and O–H groups in total. The maximum absolute atomic E-state index is 5.97. The molecule has 1 unspecified atom stereocenters. The average Bonchev–Trinajstić information content (AvgIpc) is 2.96. The summed E-state index contributed by atoms with van der Waals surface area (Å²) in [6.45, 7) is 1.98. The van der Waals surface area contributed by atoms with E-state index in [4.69, 9.17) is 4.74 Å². The highest BCUT2D eigenvalue weighted by atomic mass is 79.9. The molecule has 0 aliphatic heterocycles. The molecule has 0 saturated heterocycles. The van der Waals surface area contributed by atoms with Gasteiger partial charge in [0.25, 0.3) is 0 Å². The van der Waals surface area contributed by atoms with Gasteiger partial charge in [-0.15, -0.1) is 10.2 Å². The number of hydrogen-bond donors (Lipinski definition) is 0. The largest absolute Gasteiger partial charge is 0.483 e. The van der Waals surface area contributed by atoms with Gasteiger partial charge in [-0.3, -0.25) is 0 Å². The maximum atomic E-state index is 5.97. The minimum absolute atomic E-state index is 0.182. The first-order chi connectivity index (χ1) is 12.0. The first-order valence-corrected chi connectivity index (χ1v) is 10.3. The third-order valence-corrected chi connectivity index (χ3v) is 5.73. The van der Waals surface area contributed by atoms with Crippen LogP contribution in [0.3, 0.4) is 0 Å². The highest BCUT2D eigenvalue weighted by Gasteiger charge is 2.17. The Kier molecular flexibility index (Phi) is 6.19. The van der Waals surface area contributed by atoms with Crippen molar-refractivity contribution in [2.75, 3.05) is 0 Å². The van der Waals surface area contributed by atoms with Crippen LogP contribution in [0.25, 0.3) is 0 Å². The predicted octanol–water partition coefficient (Wildman–Crippen LogP) is 5.77. The smallest absolute Gasteiger partial charge is 0.191 e. The fraction of sp³-hybridized carbons (Fsp3) is 0.222. The molecule has 0 radical (unpaired) electrons. The summed E-state index contributed by atoms with van der Waals surface area (Å²) < 4.78 is 10.1. The minimum atomic E-state index is -0.182. The molecule has 0 saturated carbocycles. The fourth-order valence-corrected chi connectivity index (χ4v) is 3.92. The Morgan fingerprint density at radius 3 is 2.56 bits per heavy atom. The number of ether oxygens (including phenoxy) is 1. The lowest BCUT2D eigenvalue weighted by molar-refractivity contribution is 0.211. The van der Waals surface area contributed by atoms with Crippen molar-refractivity contribution in [3.05, 3.63) is 68.9 Å². The van der Waals surface area contributed by atoms with Crippen molar-refractivity contribution in [3.8, 4) is 5.75 Å². The third-order valence-electron chi connectivity index (χ3n) is 3.62. The summed E-state index contributed by atoms with van der Waals surface area (Å²) in [5.41, 5.74) is 1.24. The van der Waals surface area contributed by atoms with Gasteiger partial charge in [0.05, 0.1) is 0 Å². The standard InChI is InChI=1S/C18H17Br2N3OS/c1-12(24-16-8-6-14(19)7-9-16)17-21-22-18(23(17)2)25-11-13-4-3-5-15(20)10-13/h3-10,12H,11H2,1-2H3. The van der Waals surface area contributed by atoms with Crippen LogP contribution in [-0.2, 0) is 12.8 Å². The van der Waals surface area contributed by atoms with Crippen LogP contribution in [0.4, 0.5) is 0 Å². The van der Waals surface area contributed by atoms with Gasteiger partial charge in [-0.05, 0) is 48.9 Å². The van der Waals surface area contributed by atoms with Crippen LogP contribution in [0.15, 0.2) is 62.6 Å². The average molecular weight is 483 g/mol. The van der Waals surface area contributed by atoms with Gasteiger partial charge in [-0.2, -0.15) is 0 Å². The molecule has 0 fully saturated rings. The van der Waals surface area contributed by atoms with E-state index in [0.29, 0.717) is 0 Å². The molecule has 130 valence electrons. The molecule has 1 aromatic heterocycles. The first-order valence-electron chi connectivity index (χ1n) is 7.71. The number of aromatic nitrogens is 3. The zero-order chi connectivity index (χ0) is 17.8. The summed E-state index contributed by atoms with van der Waals surface area (Å²) in [7, 11) is 1.97. The van der Waals surface area contributed by atoms with Crippen LogP contribution in [-0.4, -0.2) is 14.8 Å². The SMILES string of the molecule is CC(Oc1ccc(Br)cc1)c1nnc(SCc2cccc(Br)c2)n1C. The quantitative estimate of drug-likeness (QED) is 0.418. The second-order valence-electron chi connectivity index (χ2n) is 5.53. The van der Waals surface area contributed by atoms with Crippen molar-refractivity contribution in [1.29, 1.82) is 0 Å². The Balaban J connectivity index is 1.66. The number of halogens is 2. The van der Waals surface area contributed by atoms with E-state index >= 15 is 0 Å². The van der Waals surface area contributed by atoms with Crippen molar-refractivity contribution < 1.29 is 4.74 Å². The van der Waals surface area contributed by atoms with Crippen LogP contribution in [0.1, 0.15) is 24.4 Å². The molecule has 25 heavy (non-hydrogen) atoms. The molecular weight excluding hydrogens is 466 g/mol. The van der Waals surface area contributed by atoms with E-state index in [9.17, 15) is 0 Å². The Morgan fingerprint density at radius 2 is 1.84 bits per heavy atom. The number of rotatable bonds is 6. The zero-order valence-electron chi connectivity index (χ0n) is 13.8. The minimum Gasteiger partial charge on any atom is -0.483 e. The van der Waals surface area contributed by atoms with Gasteiger partial charge in [0.1, 0.15) is 5.75 Å². The Labute approximate surface area is 168 Å². The van der Waals surface area contributed by atoms with Gasteiger partial charge in [-0.25, -0.2) is 0 Å². The predicted molar refractivity (Wildman–Crippen MR) is 108 cm³/mol. The molecule has 0 amide bonds. The van der Waals surface area contributed by atoms with E-state index in [1.54, 1.807) is 11.8 Å². The van der Waals surface area contributed by atoms with E-state index in [1.807, 2.05) is 54.9 Å². The molecule has 1 atom stereocenters. The van der Waals surface area contributed by atoms with Gasteiger partial charge in [0.15, 0.2) is 17.1 Å². The van der Waals surface area contributed by atoms with Gasteiger partial charge >= 0.3 is 0 Å². The molecule has 4 nitrogen and oxygen atoms in total. The molecule has 2 aromatic carbocycles. The Morgan fingerprint density at radius 1 is 1.08 bits per heavy atom. The molecule has 0 aliphatic carbocycles. The normalized spacial score (nSPS) is 12.2. The molecular formula is C18H17Br2N3OS. The summed E-state index contributed by atoms with van der Waals surface area (Å²) >= 11 is 8.59. The van der Waals surface area contributed by atoms with Crippen molar-refractivity contribution in [2.45, 2.75) is 23.9 Å². The number of nitrogens with zero attached hydrogens (tertiary/aromatic N) is 3. The van der Waals surface area contributed by atoms with Crippen LogP contribution < -0.4 is 4.74 Å². The molecule has 3 aromatic rings. The maximum Gasteiger partial charge on any atom is 0.191 e. The van der Waals surface area contributed by atoms with Gasteiger partial charge in [0, 0.05) is 21.7 Å². The topological polar surface area (TPSA) is 39.9 Å². The molecule has 0 aliphatic rings. The van der Waals surface area contributed by atoms with Crippen molar-refractivity contribution >= 4 is 43.6 Å². The first kappa shape index (κ1) is 18.5. The summed E-state index contributed by atoms with van der Waals surface area (Å²) in [4.78, 5) is 0. The molecule has 7 heteroatoms. The van der Waals surface area contributed by atoms with Crippen molar-refractivity contribution in [1.82, 2.24) is 14.8 Å². The fourth-order valence-electron chi connectivity index (χ4n) is 2.35. The van der Waals surface area contributed by atoms with Gasteiger partial charge in [-0.1, -0.05) is 55.8 Å². The summed E-state index contributed by atoms with van der Waals surface area (Å²) in [6, 6.07) is 16.1. The van der Waals surface area contributed by atoms with Crippen LogP contribution >= 0.6 is 43.6 Å². The highest BCUT2D eigenvalue weighted by molar-refractivity contribution is 9.10. The lowest BCUT2D eigenvalue weighted by Crippen LogP contribution is -2.10. The number of hydrogen-bond acceptors (Lipinski definition) is 4. The van der Waals surface area contributed by atoms with Crippen LogP contribution in [0.5, 0.6) is 5.75 Å². The lowest BCUT2D eigenvalue weighted by Gasteiger charge is -2.14. The third kappa shape index (κ3) is 4.86. The molecule has 0 bridgehead atoms. The van der Waals surface area contributed by atoms with Crippen molar-refractivity contribution in [3.63, 3.8) is 0 Å². The highest BCUT2D eigenvalue weighted by Crippen LogP contribution is 2.26. The van der Waals surface area contributed by atoms with Gasteiger partial charge < -0.3 is 9.30 Å². The van der Waals surface area contributed by atoms with Crippen LogP contribution in [0.2, 0.25) is 0 Å². The second kappa shape index (κ2) is 8.38. The molecule has 0 spiro atoms. The summed E-state index contributed by atoms with van der Waals surface area (Å²) in [5.74, 6) is 2.45. The number of benzene rings is 2. The van der Waals surface area contributed by atoms with E-state index in [1.165, 1.54) is 5.56 Å². The summed E-state index contributed by atoms with van der Waals surface area (Å²) in [6.07, 6.45) is -0.182. The molecule has 3 rings (SSSR count). The molecule has 1 heterocycles. The van der Waals surface area contributed by atoms with E-state index in [2.05, 4.69) is 54.2 Å². The Bertz CT molecular complexity index is 852. The van der Waals surface area contributed by atoms with Crippen LogP contribution in [0, 0.1) is 0 Å². The van der Waals surface area contributed by atoms with E-state index < -0.39 is 0 Å². The van der Waals surface area contributed by atoms with Gasteiger partial charge in [0.2, 0.25) is 0 Å².